The quantitative estimate of drug-likeness (QED) is 0.622. The van der Waals surface area contributed by atoms with Crippen LogP contribution < -0.4 is 0 Å². The van der Waals surface area contributed by atoms with Crippen LogP contribution in [0.3, 0.4) is 0 Å². The fourth-order valence-electron chi connectivity index (χ4n) is 1.76. The lowest BCUT2D eigenvalue weighted by Gasteiger charge is -2.11. The molecule has 0 radical (unpaired) electrons. The van der Waals surface area contributed by atoms with E-state index in [-0.39, 0.29) is 0 Å². The van der Waals surface area contributed by atoms with Crippen molar-refractivity contribution in [3.05, 3.63) is 16.5 Å². The molecule has 2 rings (SSSR count). The number of thioether (sulfide) groups is 1. The van der Waals surface area contributed by atoms with Crippen LogP contribution in [0, 0.1) is 6.92 Å². The molecule has 0 bridgehead atoms. The summed E-state index contributed by atoms with van der Waals surface area (Å²) >= 11 is 7.82. The highest BCUT2D eigenvalue weighted by molar-refractivity contribution is 7.99. The van der Waals surface area contributed by atoms with E-state index in [2.05, 4.69) is 9.97 Å². The van der Waals surface area contributed by atoms with E-state index in [1.165, 1.54) is 6.42 Å². The Morgan fingerprint density at radius 3 is 2.94 bits per heavy atom. The number of aromatic nitrogens is 2. The van der Waals surface area contributed by atoms with E-state index in [1.54, 1.807) is 11.8 Å². The lowest BCUT2D eigenvalue weighted by Crippen LogP contribution is -2.09. The minimum absolute atomic E-state index is 0.373. The van der Waals surface area contributed by atoms with Gasteiger partial charge in [0.1, 0.15) is 16.0 Å². The van der Waals surface area contributed by atoms with Crippen LogP contribution in [0.25, 0.3) is 0 Å². The highest BCUT2D eigenvalue weighted by Crippen LogP contribution is 2.27. The molecule has 0 spiro atoms. The molecule has 1 saturated heterocycles. The normalized spacial score (nSPS) is 19.8. The van der Waals surface area contributed by atoms with Gasteiger partial charge in [0.15, 0.2) is 0 Å². The summed E-state index contributed by atoms with van der Waals surface area (Å²) in [6.45, 7) is 4.91. The molecule has 1 aromatic rings. The van der Waals surface area contributed by atoms with Crippen molar-refractivity contribution in [3.63, 3.8) is 0 Å². The molecule has 0 aliphatic carbocycles. The van der Waals surface area contributed by atoms with Crippen molar-refractivity contribution in [2.45, 2.75) is 44.2 Å². The van der Waals surface area contributed by atoms with Gasteiger partial charge in [0.25, 0.3) is 0 Å². The molecule has 0 aromatic carbocycles. The van der Waals surface area contributed by atoms with Gasteiger partial charge in [-0.2, -0.15) is 0 Å². The third kappa shape index (κ3) is 3.33. The molecule has 1 aromatic heterocycles. The maximum absolute atomic E-state index is 6.10. The van der Waals surface area contributed by atoms with Gasteiger partial charge in [-0.15, -0.1) is 11.8 Å². The van der Waals surface area contributed by atoms with Gasteiger partial charge >= 0.3 is 0 Å². The summed E-state index contributed by atoms with van der Waals surface area (Å²) in [6.07, 6.45) is 3.52. The summed E-state index contributed by atoms with van der Waals surface area (Å²) in [6, 6.07) is 0. The number of aryl methyl sites for hydroxylation is 1. The van der Waals surface area contributed by atoms with E-state index in [0.29, 0.717) is 11.3 Å². The topological polar surface area (TPSA) is 35.0 Å². The van der Waals surface area contributed by atoms with Crippen LogP contribution in [0.5, 0.6) is 0 Å². The maximum Gasteiger partial charge on any atom is 0.136 e. The van der Waals surface area contributed by atoms with Crippen molar-refractivity contribution in [3.8, 4) is 0 Å². The zero-order chi connectivity index (χ0) is 12.3. The first kappa shape index (κ1) is 13.1. The number of ether oxygens (including phenoxy) is 1. The number of hydrogen-bond donors (Lipinski definition) is 0. The third-order valence-electron chi connectivity index (χ3n) is 2.83. The molecule has 1 fully saturated rings. The highest BCUT2D eigenvalue weighted by Gasteiger charge is 2.17. The second-order valence-corrected chi connectivity index (χ2v) is 5.53. The van der Waals surface area contributed by atoms with Crippen molar-refractivity contribution in [1.29, 1.82) is 0 Å². The van der Waals surface area contributed by atoms with Crippen LogP contribution in [0.15, 0.2) is 5.03 Å². The maximum atomic E-state index is 6.10. The Morgan fingerprint density at radius 1 is 1.47 bits per heavy atom. The van der Waals surface area contributed by atoms with E-state index < -0.39 is 0 Å². The average molecular weight is 273 g/mol. The van der Waals surface area contributed by atoms with Crippen molar-refractivity contribution >= 4 is 23.4 Å². The van der Waals surface area contributed by atoms with Gasteiger partial charge < -0.3 is 4.74 Å². The van der Waals surface area contributed by atoms with E-state index in [1.807, 2.05) is 13.8 Å². The second kappa shape index (κ2) is 6.03. The largest absolute Gasteiger partial charge is 0.377 e. The molecule has 2 heterocycles. The van der Waals surface area contributed by atoms with Crippen LogP contribution >= 0.6 is 23.4 Å². The SMILES string of the molecule is CCc1nc(Cl)c(C)c(SCC2CCCO2)n1. The molecule has 0 saturated carbocycles. The summed E-state index contributed by atoms with van der Waals surface area (Å²) in [5.74, 6) is 1.77. The van der Waals surface area contributed by atoms with Crippen molar-refractivity contribution in [1.82, 2.24) is 9.97 Å². The molecule has 17 heavy (non-hydrogen) atoms. The Labute approximate surface area is 111 Å². The van der Waals surface area contributed by atoms with Gasteiger partial charge in [-0.1, -0.05) is 18.5 Å². The van der Waals surface area contributed by atoms with Gasteiger partial charge in [0.05, 0.1) is 6.10 Å². The van der Waals surface area contributed by atoms with Crippen molar-refractivity contribution in [2.24, 2.45) is 0 Å². The molecule has 1 unspecified atom stereocenters. The predicted molar refractivity (Wildman–Crippen MR) is 70.9 cm³/mol. The van der Waals surface area contributed by atoms with Crippen LogP contribution in [0.1, 0.15) is 31.2 Å². The van der Waals surface area contributed by atoms with Gasteiger partial charge in [-0.25, -0.2) is 9.97 Å². The Kier molecular flexibility index (Phi) is 4.65. The lowest BCUT2D eigenvalue weighted by atomic mass is 10.3. The lowest BCUT2D eigenvalue weighted by molar-refractivity contribution is 0.129. The molecule has 5 heteroatoms. The predicted octanol–water partition coefficient (Wildman–Crippen LogP) is 3.27. The van der Waals surface area contributed by atoms with Crippen LogP contribution in [0.2, 0.25) is 5.15 Å². The number of halogens is 1. The Hall–Kier alpha value is -0.320. The average Bonchev–Trinajstić information content (AvgIpc) is 2.84. The standard InChI is InChI=1S/C12H17ClN2OS/c1-3-10-14-11(13)8(2)12(15-10)17-7-9-5-4-6-16-9/h9H,3-7H2,1-2H3. The fraction of sp³-hybridized carbons (Fsp3) is 0.667. The Bertz CT molecular complexity index is 394. The van der Waals surface area contributed by atoms with E-state index in [4.69, 9.17) is 16.3 Å². The van der Waals surface area contributed by atoms with Crippen LogP contribution in [0.4, 0.5) is 0 Å². The summed E-state index contributed by atoms with van der Waals surface area (Å²) < 4.78 is 5.60. The molecule has 1 aliphatic rings. The molecule has 1 aliphatic heterocycles. The first-order valence-electron chi connectivity index (χ1n) is 5.98. The Morgan fingerprint density at radius 2 is 2.29 bits per heavy atom. The number of hydrogen-bond acceptors (Lipinski definition) is 4. The monoisotopic (exact) mass is 272 g/mol. The van der Waals surface area contributed by atoms with E-state index in [0.717, 1.165) is 41.6 Å². The molecule has 0 amide bonds. The molecular weight excluding hydrogens is 256 g/mol. The molecule has 3 nitrogen and oxygen atoms in total. The minimum atomic E-state index is 0.373. The summed E-state index contributed by atoms with van der Waals surface area (Å²) in [5.41, 5.74) is 0.979. The molecule has 94 valence electrons. The highest BCUT2D eigenvalue weighted by atomic mass is 35.5. The number of rotatable bonds is 4. The van der Waals surface area contributed by atoms with Gasteiger partial charge in [-0.3, -0.25) is 0 Å². The van der Waals surface area contributed by atoms with Crippen molar-refractivity contribution < 1.29 is 4.74 Å². The van der Waals surface area contributed by atoms with Gasteiger partial charge in [0.2, 0.25) is 0 Å². The smallest absolute Gasteiger partial charge is 0.136 e. The summed E-state index contributed by atoms with van der Waals surface area (Å²) in [7, 11) is 0. The van der Waals surface area contributed by atoms with Crippen LogP contribution in [-0.4, -0.2) is 28.4 Å². The first-order valence-corrected chi connectivity index (χ1v) is 7.34. The van der Waals surface area contributed by atoms with Crippen molar-refractivity contribution in [2.75, 3.05) is 12.4 Å². The molecule has 0 N–H and O–H groups in total. The zero-order valence-corrected chi connectivity index (χ0v) is 11.8. The van der Waals surface area contributed by atoms with Gasteiger partial charge in [0, 0.05) is 24.3 Å². The summed E-state index contributed by atoms with van der Waals surface area (Å²) in [4.78, 5) is 8.77. The van der Waals surface area contributed by atoms with Crippen LogP contribution in [-0.2, 0) is 11.2 Å². The minimum Gasteiger partial charge on any atom is -0.377 e. The Balaban J connectivity index is 2.05. The summed E-state index contributed by atoms with van der Waals surface area (Å²) in [5, 5.41) is 1.57. The van der Waals surface area contributed by atoms with E-state index >= 15 is 0 Å². The molecular formula is C12H17ClN2OS. The first-order chi connectivity index (χ1) is 8.20. The number of nitrogens with zero attached hydrogens (tertiary/aromatic N) is 2. The van der Waals surface area contributed by atoms with Gasteiger partial charge in [-0.05, 0) is 19.8 Å². The molecule has 1 atom stereocenters. The zero-order valence-electron chi connectivity index (χ0n) is 10.2. The third-order valence-corrected chi connectivity index (χ3v) is 4.41. The fourth-order valence-corrected chi connectivity index (χ4v) is 3.09. The second-order valence-electron chi connectivity index (χ2n) is 4.16. The van der Waals surface area contributed by atoms with E-state index in [9.17, 15) is 0 Å².